The van der Waals surface area contributed by atoms with Gasteiger partial charge < -0.3 is 5.32 Å². The van der Waals surface area contributed by atoms with Crippen molar-refractivity contribution in [2.24, 2.45) is 0 Å². The Labute approximate surface area is 93.9 Å². The van der Waals surface area contributed by atoms with Crippen LogP contribution >= 0.6 is 25.3 Å². The molecule has 4 heteroatoms. The van der Waals surface area contributed by atoms with Crippen LogP contribution in [0.4, 0.5) is 5.69 Å². The number of amides is 1. The minimum atomic E-state index is -0.256. The molecule has 0 fully saturated rings. The highest BCUT2D eigenvalue weighted by Gasteiger charge is 2.29. The normalized spacial score (nSPS) is 25.5. The van der Waals surface area contributed by atoms with Crippen LogP contribution in [-0.2, 0) is 4.79 Å². The summed E-state index contributed by atoms with van der Waals surface area (Å²) < 4.78 is 0. The number of hydrogen-bond acceptors (Lipinski definition) is 3. The van der Waals surface area contributed by atoms with Gasteiger partial charge in [0.05, 0.1) is 5.25 Å². The molecule has 0 saturated carbocycles. The first kappa shape index (κ1) is 9.93. The number of anilines is 1. The molecule has 0 aromatic heterocycles. The quantitative estimate of drug-likeness (QED) is 0.581. The molecule has 1 aliphatic heterocycles. The zero-order valence-corrected chi connectivity index (χ0v) is 9.48. The molecule has 1 N–H and O–H groups in total. The predicted octanol–water partition coefficient (Wildman–Crippen LogP) is 2.33. The number of rotatable bonds is 0. The summed E-state index contributed by atoms with van der Waals surface area (Å²) in [6, 6.07) is 5.79. The fourth-order valence-electron chi connectivity index (χ4n) is 1.65. The third-order valence-corrected chi connectivity index (χ3v) is 3.49. The van der Waals surface area contributed by atoms with Crippen molar-refractivity contribution < 1.29 is 4.79 Å². The molecular weight excluding hydrogens is 214 g/mol. The van der Waals surface area contributed by atoms with Gasteiger partial charge >= 0.3 is 0 Å². The van der Waals surface area contributed by atoms with Crippen LogP contribution in [0.15, 0.2) is 23.1 Å². The molecule has 0 radical (unpaired) electrons. The maximum absolute atomic E-state index is 11.5. The molecule has 0 saturated heterocycles. The molecule has 74 valence electrons. The van der Waals surface area contributed by atoms with Crippen LogP contribution in [0.2, 0.25) is 0 Å². The Morgan fingerprint density at radius 3 is 2.86 bits per heavy atom. The van der Waals surface area contributed by atoms with Crippen molar-refractivity contribution in [3.63, 3.8) is 0 Å². The molecule has 2 nitrogen and oxygen atoms in total. The monoisotopic (exact) mass is 225 g/mol. The predicted molar refractivity (Wildman–Crippen MR) is 63.5 cm³/mol. The third kappa shape index (κ3) is 1.53. The van der Waals surface area contributed by atoms with E-state index in [0.29, 0.717) is 0 Å². The summed E-state index contributed by atoms with van der Waals surface area (Å²) in [5, 5.41) is 2.56. The van der Waals surface area contributed by atoms with Crippen molar-refractivity contribution in [1.29, 1.82) is 0 Å². The second-order valence-corrected chi connectivity index (χ2v) is 4.57. The standard InChI is InChI=1S/C10H11NOS2/c1-5-7-3-2-6(13)4-8(7)11-10(12)9(5)14/h2-5,9,13-14H,1H3,(H,11,12). The number of carbonyl (C=O) groups excluding carboxylic acids is 1. The second kappa shape index (κ2) is 3.51. The first-order valence-corrected chi connectivity index (χ1v) is 5.38. The molecule has 14 heavy (non-hydrogen) atoms. The highest BCUT2D eigenvalue weighted by molar-refractivity contribution is 7.82. The van der Waals surface area contributed by atoms with Crippen LogP contribution in [0.1, 0.15) is 18.4 Å². The summed E-state index contributed by atoms with van der Waals surface area (Å²) in [4.78, 5) is 12.3. The van der Waals surface area contributed by atoms with Gasteiger partial charge in [-0.25, -0.2) is 0 Å². The summed E-state index contributed by atoms with van der Waals surface area (Å²) >= 11 is 8.50. The van der Waals surface area contributed by atoms with E-state index in [-0.39, 0.29) is 17.1 Å². The van der Waals surface area contributed by atoms with Gasteiger partial charge in [-0.3, -0.25) is 4.79 Å². The highest BCUT2D eigenvalue weighted by Crippen LogP contribution is 2.35. The van der Waals surface area contributed by atoms with Gasteiger partial charge in [0.15, 0.2) is 0 Å². The molecule has 1 amide bonds. The maximum atomic E-state index is 11.5. The minimum absolute atomic E-state index is 0.0349. The van der Waals surface area contributed by atoms with E-state index in [9.17, 15) is 4.79 Å². The molecule has 1 aliphatic rings. The molecule has 0 bridgehead atoms. The van der Waals surface area contributed by atoms with Gasteiger partial charge in [-0.2, -0.15) is 12.6 Å². The Hall–Kier alpha value is -0.610. The molecule has 2 atom stereocenters. The van der Waals surface area contributed by atoms with Gasteiger partial charge in [0.25, 0.3) is 0 Å². The van der Waals surface area contributed by atoms with Crippen molar-refractivity contribution >= 4 is 36.9 Å². The average Bonchev–Trinajstić information content (AvgIpc) is 2.14. The van der Waals surface area contributed by atoms with Gasteiger partial charge in [-0.05, 0) is 17.7 Å². The summed E-state index contributed by atoms with van der Waals surface area (Å²) in [7, 11) is 0. The van der Waals surface area contributed by atoms with E-state index in [4.69, 9.17) is 0 Å². The lowest BCUT2D eigenvalue weighted by Gasteiger charge is -2.27. The van der Waals surface area contributed by atoms with Crippen LogP contribution in [0.25, 0.3) is 0 Å². The molecule has 0 aliphatic carbocycles. The van der Waals surface area contributed by atoms with E-state index in [1.807, 2.05) is 25.1 Å². The van der Waals surface area contributed by atoms with Crippen molar-refractivity contribution in [2.75, 3.05) is 5.32 Å². The SMILES string of the molecule is CC1c2ccc(S)cc2NC(=O)C1S. The number of fused-ring (bicyclic) bond motifs is 1. The molecule has 2 rings (SSSR count). The second-order valence-electron chi connectivity index (χ2n) is 3.49. The average molecular weight is 225 g/mol. The van der Waals surface area contributed by atoms with Crippen molar-refractivity contribution in [3.05, 3.63) is 23.8 Å². The van der Waals surface area contributed by atoms with Crippen LogP contribution < -0.4 is 5.32 Å². The number of carbonyl (C=O) groups is 1. The summed E-state index contributed by atoms with van der Waals surface area (Å²) in [6.45, 7) is 2.01. The summed E-state index contributed by atoms with van der Waals surface area (Å²) in [6.07, 6.45) is 0. The summed E-state index contributed by atoms with van der Waals surface area (Å²) in [5.74, 6) is 0.114. The molecule has 1 aromatic rings. The summed E-state index contributed by atoms with van der Waals surface area (Å²) in [5.41, 5.74) is 1.99. The van der Waals surface area contributed by atoms with E-state index in [1.54, 1.807) is 0 Å². The molecule has 0 spiro atoms. The number of hydrogen-bond donors (Lipinski definition) is 3. The van der Waals surface area contributed by atoms with Crippen molar-refractivity contribution in [3.8, 4) is 0 Å². The fraction of sp³-hybridized carbons (Fsp3) is 0.300. The van der Waals surface area contributed by atoms with Gasteiger partial charge in [0, 0.05) is 16.5 Å². The number of nitrogens with one attached hydrogen (secondary N) is 1. The van der Waals surface area contributed by atoms with Gasteiger partial charge in [0.1, 0.15) is 0 Å². The maximum Gasteiger partial charge on any atom is 0.237 e. The van der Waals surface area contributed by atoms with E-state index in [2.05, 4.69) is 30.6 Å². The largest absolute Gasteiger partial charge is 0.325 e. The lowest BCUT2D eigenvalue weighted by Crippen LogP contribution is -2.33. The van der Waals surface area contributed by atoms with Crippen LogP contribution in [0, 0.1) is 0 Å². The van der Waals surface area contributed by atoms with Gasteiger partial charge in [0.2, 0.25) is 5.91 Å². The van der Waals surface area contributed by atoms with E-state index in [0.717, 1.165) is 16.1 Å². The van der Waals surface area contributed by atoms with Crippen molar-refractivity contribution in [1.82, 2.24) is 0 Å². The number of thiol groups is 2. The smallest absolute Gasteiger partial charge is 0.237 e. The Morgan fingerprint density at radius 2 is 2.14 bits per heavy atom. The Balaban J connectivity index is 2.50. The van der Waals surface area contributed by atoms with Gasteiger partial charge in [-0.1, -0.05) is 13.0 Å². The minimum Gasteiger partial charge on any atom is -0.325 e. The van der Waals surface area contributed by atoms with Crippen LogP contribution in [0.3, 0.4) is 0 Å². The first-order valence-electron chi connectivity index (χ1n) is 4.41. The van der Waals surface area contributed by atoms with Crippen molar-refractivity contribution in [2.45, 2.75) is 23.0 Å². The Kier molecular flexibility index (Phi) is 2.49. The Bertz CT molecular complexity index is 392. The van der Waals surface area contributed by atoms with Crippen LogP contribution in [-0.4, -0.2) is 11.2 Å². The molecule has 1 aromatic carbocycles. The zero-order chi connectivity index (χ0) is 10.3. The molecule has 2 unspecified atom stereocenters. The first-order chi connectivity index (χ1) is 6.59. The molecular formula is C10H11NOS2. The number of benzene rings is 1. The van der Waals surface area contributed by atoms with Crippen LogP contribution in [0.5, 0.6) is 0 Å². The van der Waals surface area contributed by atoms with E-state index >= 15 is 0 Å². The lowest BCUT2D eigenvalue weighted by molar-refractivity contribution is -0.116. The molecule has 1 heterocycles. The third-order valence-electron chi connectivity index (χ3n) is 2.53. The highest BCUT2D eigenvalue weighted by atomic mass is 32.1. The topological polar surface area (TPSA) is 29.1 Å². The Morgan fingerprint density at radius 1 is 1.43 bits per heavy atom. The fourth-order valence-corrected chi connectivity index (χ4v) is 2.08. The van der Waals surface area contributed by atoms with E-state index in [1.165, 1.54) is 0 Å². The van der Waals surface area contributed by atoms with Gasteiger partial charge in [-0.15, -0.1) is 12.6 Å². The lowest BCUT2D eigenvalue weighted by atomic mass is 9.92. The van der Waals surface area contributed by atoms with E-state index < -0.39 is 0 Å². The zero-order valence-electron chi connectivity index (χ0n) is 7.69.